The average molecular weight is 289 g/mol. The number of nitrogens with one attached hydrogen (secondary N) is 1. The smallest absolute Gasteiger partial charge is 0.123 e. The second kappa shape index (κ2) is 6.59. The molecule has 0 aliphatic carbocycles. The lowest BCUT2D eigenvalue weighted by Gasteiger charge is -2.33. The second-order valence-electron chi connectivity index (χ2n) is 4.95. The molecule has 0 radical (unpaired) electrons. The maximum absolute atomic E-state index is 13.1. The quantitative estimate of drug-likeness (QED) is 0.854. The molecule has 2 aromatic rings. The van der Waals surface area contributed by atoms with E-state index < -0.39 is 5.54 Å². The summed E-state index contributed by atoms with van der Waals surface area (Å²) in [5.41, 5.74) is 1.09. The van der Waals surface area contributed by atoms with Gasteiger partial charge in [0.1, 0.15) is 11.6 Å². The Morgan fingerprint density at radius 1 is 1.10 bits per heavy atom. The van der Waals surface area contributed by atoms with E-state index in [4.69, 9.17) is 4.74 Å². The molecule has 0 aliphatic heterocycles. The molecule has 0 bridgehead atoms. The standard InChI is InChI=1S/C17H20FNO2/c1-3-17(12-20,13-4-6-14(18)7-5-13)19-15-8-10-16(21-2)11-9-15/h4-11,19-20H,3,12H2,1-2H3. The van der Waals surface area contributed by atoms with Crippen LogP contribution < -0.4 is 10.1 Å². The van der Waals surface area contributed by atoms with Gasteiger partial charge < -0.3 is 15.2 Å². The maximum atomic E-state index is 13.1. The lowest BCUT2D eigenvalue weighted by Crippen LogP contribution is -2.38. The van der Waals surface area contributed by atoms with Crippen LogP contribution in [0.5, 0.6) is 5.75 Å². The minimum Gasteiger partial charge on any atom is -0.497 e. The van der Waals surface area contributed by atoms with E-state index in [9.17, 15) is 9.50 Å². The van der Waals surface area contributed by atoms with Crippen molar-refractivity contribution in [2.75, 3.05) is 19.0 Å². The Morgan fingerprint density at radius 3 is 2.19 bits per heavy atom. The molecule has 0 heterocycles. The van der Waals surface area contributed by atoms with Crippen LogP contribution in [0.15, 0.2) is 48.5 Å². The molecule has 2 N–H and O–H groups in total. The van der Waals surface area contributed by atoms with E-state index in [1.165, 1.54) is 12.1 Å². The van der Waals surface area contributed by atoms with Crippen molar-refractivity contribution < 1.29 is 14.2 Å². The van der Waals surface area contributed by atoms with Crippen molar-refractivity contribution in [3.8, 4) is 5.75 Å². The summed E-state index contributed by atoms with van der Waals surface area (Å²) in [4.78, 5) is 0. The average Bonchev–Trinajstić information content (AvgIpc) is 2.54. The fraction of sp³-hybridized carbons (Fsp3) is 0.294. The summed E-state index contributed by atoms with van der Waals surface area (Å²) in [7, 11) is 1.62. The highest BCUT2D eigenvalue weighted by atomic mass is 19.1. The Balaban J connectivity index is 2.30. The number of ether oxygens (including phenoxy) is 1. The summed E-state index contributed by atoms with van der Waals surface area (Å²) >= 11 is 0. The topological polar surface area (TPSA) is 41.5 Å². The van der Waals surface area contributed by atoms with Crippen molar-refractivity contribution in [3.63, 3.8) is 0 Å². The van der Waals surface area contributed by atoms with E-state index >= 15 is 0 Å². The van der Waals surface area contributed by atoms with E-state index in [0.717, 1.165) is 17.0 Å². The number of aliphatic hydroxyl groups excluding tert-OH is 1. The minimum atomic E-state index is -0.637. The number of methoxy groups -OCH3 is 1. The van der Waals surface area contributed by atoms with Gasteiger partial charge in [-0.15, -0.1) is 0 Å². The van der Waals surface area contributed by atoms with Crippen LogP contribution in [0.2, 0.25) is 0 Å². The van der Waals surface area contributed by atoms with Crippen LogP contribution >= 0.6 is 0 Å². The van der Waals surface area contributed by atoms with Gasteiger partial charge in [0.05, 0.1) is 19.3 Å². The molecule has 1 unspecified atom stereocenters. The predicted molar refractivity (Wildman–Crippen MR) is 82.1 cm³/mol. The van der Waals surface area contributed by atoms with Crippen molar-refractivity contribution in [1.82, 2.24) is 0 Å². The Bertz CT molecular complexity index is 562. The first-order chi connectivity index (χ1) is 10.1. The van der Waals surface area contributed by atoms with Crippen LogP contribution in [0.3, 0.4) is 0 Å². The lowest BCUT2D eigenvalue weighted by atomic mass is 9.87. The first kappa shape index (κ1) is 15.3. The Morgan fingerprint density at radius 2 is 1.71 bits per heavy atom. The summed E-state index contributed by atoms with van der Waals surface area (Å²) in [5.74, 6) is 0.486. The van der Waals surface area contributed by atoms with Crippen LogP contribution in [0, 0.1) is 5.82 Å². The van der Waals surface area contributed by atoms with Crippen LogP contribution in [-0.4, -0.2) is 18.8 Å². The molecule has 0 aromatic heterocycles. The van der Waals surface area contributed by atoms with E-state index in [2.05, 4.69) is 5.32 Å². The van der Waals surface area contributed by atoms with Crippen LogP contribution in [0.25, 0.3) is 0 Å². The number of rotatable bonds is 6. The first-order valence-electron chi connectivity index (χ1n) is 6.92. The molecule has 1 atom stereocenters. The monoisotopic (exact) mass is 289 g/mol. The SMILES string of the molecule is CCC(CO)(Nc1ccc(OC)cc1)c1ccc(F)cc1. The van der Waals surface area contributed by atoms with Gasteiger partial charge in [-0.25, -0.2) is 4.39 Å². The summed E-state index contributed by atoms with van der Waals surface area (Å²) < 4.78 is 18.2. The van der Waals surface area contributed by atoms with Crippen molar-refractivity contribution in [2.45, 2.75) is 18.9 Å². The van der Waals surface area contributed by atoms with E-state index in [1.807, 2.05) is 31.2 Å². The molecular formula is C17H20FNO2. The summed E-state index contributed by atoms with van der Waals surface area (Å²) in [6.07, 6.45) is 0.668. The van der Waals surface area contributed by atoms with E-state index in [1.54, 1.807) is 19.2 Å². The highest BCUT2D eigenvalue weighted by Crippen LogP contribution is 2.30. The molecule has 2 aromatic carbocycles. The zero-order valence-electron chi connectivity index (χ0n) is 12.3. The largest absolute Gasteiger partial charge is 0.497 e. The fourth-order valence-corrected chi connectivity index (χ4v) is 2.33. The predicted octanol–water partition coefficient (Wildman–Crippen LogP) is 3.54. The molecule has 4 heteroatoms. The number of benzene rings is 2. The first-order valence-corrected chi connectivity index (χ1v) is 6.92. The van der Waals surface area contributed by atoms with E-state index in [-0.39, 0.29) is 12.4 Å². The van der Waals surface area contributed by atoms with Gasteiger partial charge in [0, 0.05) is 5.69 Å². The van der Waals surface area contributed by atoms with Crippen molar-refractivity contribution in [1.29, 1.82) is 0 Å². The zero-order valence-corrected chi connectivity index (χ0v) is 12.3. The van der Waals surface area contributed by atoms with Gasteiger partial charge in [0.25, 0.3) is 0 Å². The molecule has 0 fully saturated rings. The molecular weight excluding hydrogens is 269 g/mol. The highest BCUT2D eigenvalue weighted by molar-refractivity contribution is 5.50. The Hall–Kier alpha value is -2.07. The number of hydrogen-bond acceptors (Lipinski definition) is 3. The second-order valence-corrected chi connectivity index (χ2v) is 4.95. The van der Waals surface area contributed by atoms with Crippen molar-refractivity contribution >= 4 is 5.69 Å². The van der Waals surface area contributed by atoms with Gasteiger partial charge in [-0.05, 0) is 48.4 Å². The van der Waals surface area contributed by atoms with Gasteiger partial charge in [0.2, 0.25) is 0 Å². The fourth-order valence-electron chi connectivity index (χ4n) is 2.33. The molecule has 2 rings (SSSR count). The van der Waals surface area contributed by atoms with Gasteiger partial charge in [0.15, 0.2) is 0 Å². The van der Waals surface area contributed by atoms with Crippen molar-refractivity contribution in [2.24, 2.45) is 0 Å². The summed E-state index contributed by atoms with van der Waals surface area (Å²) in [6, 6.07) is 13.7. The van der Waals surface area contributed by atoms with Gasteiger partial charge in [-0.1, -0.05) is 19.1 Å². The molecule has 0 aliphatic rings. The van der Waals surface area contributed by atoms with Gasteiger partial charge >= 0.3 is 0 Å². The van der Waals surface area contributed by atoms with Crippen LogP contribution in [0.4, 0.5) is 10.1 Å². The normalized spacial score (nSPS) is 13.5. The zero-order chi connectivity index (χ0) is 15.3. The highest BCUT2D eigenvalue weighted by Gasteiger charge is 2.29. The van der Waals surface area contributed by atoms with Gasteiger partial charge in [-0.2, -0.15) is 0 Å². The Kier molecular flexibility index (Phi) is 4.81. The lowest BCUT2D eigenvalue weighted by molar-refractivity contribution is 0.207. The van der Waals surface area contributed by atoms with E-state index in [0.29, 0.717) is 6.42 Å². The number of aliphatic hydroxyl groups is 1. The number of anilines is 1. The Labute approximate surface area is 124 Å². The third-order valence-corrected chi connectivity index (χ3v) is 3.74. The van der Waals surface area contributed by atoms with Crippen molar-refractivity contribution in [3.05, 3.63) is 59.9 Å². The molecule has 0 spiro atoms. The molecule has 21 heavy (non-hydrogen) atoms. The summed E-state index contributed by atoms with van der Waals surface area (Å²) in [6.45, 7) is 1.90. The van der Waals surface area contributed by atoms with Crippen LogP contribution in [-0.2, 0) is 5.54 Å². The van der Waals surface area contributed by atoms with Crippen LogP contribution in [0.1, 0.15) is 18.9 Å². The summed E-state index contributed by atoms with van der Waals surface area (Å²) in [5, 5.41) is 13.2. The van der Waals surface area contributed by atoms with Gasteiger partial charge in [-0.3, -0.25) is 0 Å². The molecule has 0 amide bonds. The third-order valence-electron chi connectivity index (χ3n) is 3.74. The number of hydrogen-bond donors (Lipinski definition) is 2. The third kappa shape index (κ3) is 3.34. The molecule has 112 valence electrons. The minimum absolute atomic E-state index is 0.0822. The maximum Gasteiger partial charge on any atom is 0.123 e. The molecule has 3 nitrogen and oxygen atoms in total. The number of halogens is 1. The molecule has 0 saturated carbocycles. The molecule has 0 saturated heterocycles.